The molecule has 1 aliphatic heterocycles. The first-order valence-corrected chi connectivity index (χ1v) is 8.58. The second-order valence-corrected chi connectivity index (χ2v) is 6.71. The van der Waals surface area contributed by atoms with Crippen molar-refractivity contribution in [2.75, 3.05) is 6.54 Å². The van der Waals surface area contributed by atoms with Gasteiger partial charge >= 0.3 is 0 Å². The van der Waals surface area contributed by atoms with E-state index in [1.165, 1.54) is 12.1 Å². The van der Waals surface area contributed by atoms with Crippen molar-refractivity contribution in [1.29, 1.82) is 0 Å². The van der Waals surface area contributed by atoms with E-state index in [0.717, 1.165) is 5.56 Å². The molecule has 1 amide bonds. The smallest absolute Gasteiger partial charge is 0.232 e. The Labute approximate surface area is 154 Å². The first-order valence-electron chi connectivity index (χ1n) is 8.20. The summed E-state index contributed by atoms with van der Waals surface area (Å²) in [5.74, 6) is 0.209. The van der Waals surface area contributed by atoms with Gasteiger partial charge in [0.05, 0.1) is 5.92 Å². The van der Waals surface area contributed by atoms with Crippen molar-refractivity contribution in [3.8, 4) is 11.4 Å². The van der Waals surface area contributed by atoms with Crippen LogP contribution in [0.25, 0.3) is 11.4 Å². The molecule has 4 rings (SSSR count). The number of hydrogen-bond acceptors (Lipinski definition) is 4. The number of nitrogens with zero attached hydrogens (tertiary/aromatic N) is 3. The summed E-state index contributed by atoms with van der Waals surface area (Å²) < 4.78 is 18.7. The molecular formula is C19H15ClFN3O2. The van der Waals surface area contributed by atoms with Crippen molar-refractivity contribution in [3.63, 3.8) is 0 Å². The Morgan fingerprint density at radius 1 is 1.23 bits per heavy atom. The molecule has 0 N–H and O–H groups in total. The van der Waals surface area contributed by atoms with Crippen molar-refractivity contribution < 1.29 is 13.7 Å². The van der Waals surface area contributed by atoms with E-state index in [2.05, 4.69) is 10.1 Å². The minimum atomic E-state index is -0.363. The molecule has 0 saturated carbocycles. The minimum Gasteiger partial charge on any atom is -0.339 e. The van der Waals surface area contributed by atoms with E-state index >= 15 is 0 Å². The standard InChI is InChI=1S/C19H15ClFN3O2/c20-15-5-1-3-12(7-15)10-24-11-14(9-17(24)25)19-22-18(23-26-19)13-4-2-6-16(21)8-13/h1-8,14H,9-11H2. The second-order valence-electron chi connectivity index (χ2n) is 6.27. The fraction of sp³-hybridized carbons (Fsp3) is 0.211. The lowest BCUT2D eigenvalue weighted by Crippen LogP contribution is -2.24. The maximum absolute atomic E-state index is 13.4. The predicted octanol–water partition coefficient (Wildman–Crippen LogP) is 4.05. The van der Waals surface area contributed by atoms with Crippen molar-refractivity contribution >= 4 is 17.5 Å². The van der Waals surface area contributed by atoms with E-state index in [1.54, 1.807) is 23.1 Å². The zero-order chi connectivity index (χ0) is 18.1. The summed E-state index contributed by atoms with van der Waals surface area (Å²) >= 11 is 6.00. The molecule has 0 spiro atoms. The zero-order valence-corrected chi connectivity index (χ0v) is 14.5. The van der Waals surface area contributed by atoms with Crippen LogP contribution in [0, 0.1) is 5.82 Å². The van der Waals surface area contributed by atoms with Crippen LogP contribution in [0.5, 0.6) is 0 Å². The fourth-order valence-corrected chi connectivity index (χ4v) is 3.30. The zero-order valence-electron chi connectivity index (χ0n) is 13.7. The molecule has 1 fully saturated rings. The first kappa shape index (κ1) is 16.7. The molecule has 1 unspecified atom stereocenters. The summed E-state index contributed by atoms with van der Waals surface area (Å²) in [5, 5.41) is 4.56. The van der Waals surface area contributed by atoms with E-state index in [0.29, 0.717) is 41.8 Å². The maximum atomic E-state index is 13.4. The van der Waals surface area contributed by atoms with Crippen LogP contribution in [-0.2, 0) is 11.3 Å². The van der Waals surface area contributed by atoms with Gasteiger partial charge in [-0.1, -0.05) is 41.0 Å². The summed E-state index contributed by atoms with van der Waals surface area (Å²) in [6.45, 7) is 0.983. The Bertz CT molecular complexity index is 959. The molecule has 132 valence electrons. The van der Waals surface area contributed by atoms with Gasteiger partial charge in [0, 0.05) is 30.1 Å². The molecule has 0 aliphatic carbocycles. The highest BCUT2D eigenvalue weighted by Gasteiger charge is 2.34. The Kier molecular flexibility index (Phi) is 4.42. The number of rotatable bonds is 4. The van der Waals surface area contributed by atoms with E-state index in [4.69, 9.17) is 16.1 Å². The number of hydrogen-bond donors (Lipinski definition) is 0. The average molecular weight is 372 g/mol. The molecule has 1 aliphatic rings. The molecule has 1 atom stereocenters. The fourth-order valence-electron chi connectivity index (χ4n) is 3.09. The lowest BCUT2D eigenvalue weighted by Gasteiger charge is -2.16. The number of carbonyl (C=O) groups excluding carboxylic acids is 1. The van der Waals surface area contributed by atoms with Crippen molar-refractivity contribution in [2.45, 2.75) is 18.9 Å². The number of likely N-dealkylation sites (tertiary alicyclic amines) is 1. The highest BCUT2D eigenvalue weighted by Crippen LogP contribution is 2.30. The van der Waals surface area contributed by atoms with Gasteiger partial charge in [0.15, 0.2) is 0 Å². The third kappa shape index (κ3) is 3.46. The normalized spacial score (nSPS) is 17.1. The molecule has 0 radical (unpaired) electrons. The third-order valence-corrected chi connectivity index (χ3v) is 4.59. The third-order valence-electron chi connectivity index (χ3n) is 4.35. The van der Waals surface area contributed by atoms with Crippen LogP contribution in [0.4, 0.5) is 4.39 Å². The molecule has 0 bridgehead atoms. The van der Waals surface area contributed by atoms with Gasteiger partial charge in [-0.2, -0.15) is 4.98 Å². The van der Waals surface area contributed by atoms with Crippen LogP contribution in [0.2, 0.25) is 5.02 Å². The van der Waals surface area contributed by atoms with Gasteiger partial charge in [-0.05, 0) is 29.8 Å². The molecule has 26 heavy (non-hydrogen) atoms. The molecule has 3 aromatic rings. The Morgan fingerprint density at radius 3 is 2.88 bits per heavy atom. The van der Waals surface area contributed by atoms with Crippen LogP contribution in [0.3, 0.4) is 0 Å². The number of aromatic nitrogens is 2. The predicted molar refractivity (Wildman–Crippen MR) is 93.9 cm³/mol. The van der Waals surface area contributed by atoms with Gasteiger partial charge in [0.25, 0.3) is 0 Å². The summed E-state index contributed by atoms with van der Waals surface area (Å²) in [6, 6.07) is 13.4. The van der Waals surface area contributed by atoms with Crippen LogP contribution in [0.15, 0.2) is 53.1 Å². The Morgan fingerprint density at radius 2 is 2.08 bits per heavy atom. The summed E-state index contributed by atoms with van der Waals surface area (Å²) in [7, 11) is 0. The minimum absolute atomic E-state index is 0.0282. The van der Waals surface area contributed by atoms with E-state index < -0.39 is 0 Å². The number of benzene rings is 2. The lowest BCUT2D eigenvalue weighted by molar-refractivity contribution is -0.128. The van der Waals surface area contributed by atoms with Gasteiger partial charge < -0.3 is 9.42 Å². The van der Waals surface area contributed by atoms with Crippen molar-refractivity contribution in [3.05, 3.63) is 70.8 Å². The molecule has 7 heteroatoms. The number of carbonyl (C=O) groups is 1. The highest BCUT2D eigenvalue weighted by molar-refractivity contribution is 6.30. The van der Waals surface area contributed by atoms with E-state index in [1.807, 2.05) is 18.2 Å². The van der Waals surface area contributed by atoms with Gasteiger partial charge in [-0.3, -0.25) is 4.79 Å². The summed E-state index contributed by atoms with van der Waals surface area (Å²) in [4.78, 5) is 18.4. The highest BCUT2D eigenvalue weighted by atomic mass is 35.5. The molecule has 2 aromatic carbocycles. The van der Waals surface area contributed by atoms with Crippen LogP contribution in [0.1, 0.15) is 23.8 Å². The Hall–Kier alpha value is -2.73. The first-order chi connectivity index (χ1) is 12.6. The van der Waals surface area contributed by atoms with E-state index in [-0.39, 0.29) is 17.6 Å². The second kappa shape index (κ2) is 6.88. The van der Waals surface area contributed by atoms with Gasteiger partial charge in [0.1, 0.15) is 5.82 Å². The van der Waals surface area contributed by atoms with Crippen LogP contribution in [-0.4, -0.2) is 27.5 Å². The van der Waals surface area contributed by atoms with Gasteiger partial charge in [-0.15, -0.1) is 0 Å². The van der Waals surface area contributed by atoms with E-state index in [9.17, 15) is 9.18 Å². The largest absolute Gasteiger partial charge is 0.339 e. The lowest BCUT2D eigenvalue weighted by atomic mass is 10.1. The van der Waals surface area contributed by atoms with Gasteiger partial charge in [0.2, 0.25) is 17.6 Å². The number of halogens is 2. The van der Waals surface area contributed by atoms with Crippen molar-refractivity contribution in [2.24, 2.45) is 0 Å². The molecule has 5 nitrogen and oxygen atoms in total. The average Bonchev–Trinajstić information content (AvgIpc) is 3.23. The van der Waals surface area contributed by atoms with Crippen molar-refractivity contribution in [1.82, 2.24) is 15.0 Å². The van der Waals surface area contributed by atoms with Gasteiger partial charge in [-0.25, -0.2) is 4.39 Å². The topological polar surface area (TPSA) is 59.2 Å². The Balaban J connectivity index is 1.49. The quantitative estimate of drug-likeness (QED) is 0.694. The molecule has 1 saturated heterocycles. The summed E-state index contributed by atoms with van der Waals surface area (Å²) in [5.41, 5.74) is 1.51. The SMILES string of the molecule is O=C1CC(c2nc(-c3cccc(F)c3)no2)CN1Cc1cccc(Cl)c1. The van der Waals surface area contributed by atoms with Crippen LogP contribution >= 0.6 is 11.6 Å². The maximum Gasteiger partial charge on any atom is 0.232 e. The van der Waals surface area contributed by atoms with Crippen LogP contribution < -0.4 is 0 Å². The molecule has 1 aromatic heterocycles. The summed E-state index contributed by atoms with van der Waals surface area (Å²) in [6.07, 6.45) is 0.311. The number of amides is 1. The monoisotopic (exact) mass is 371 g/mol. The molecule has 2 heterocycles. The molecular weight excluding hydrogens is 357 g/mol.